The van der Waals surface area contributed by atoms with Gasteiger partial charge in [-0.3, -0.25) is 4.79 Å². The van der Waals surface area contributed by atoms with Crippen LogP contribution in [0, 0.1) is 0 Å². The summed E-state index contributed by atoms with van der Waals surface area (Å²) in [6.45, 7) is 2.25. The highest BCUT2D eigenvalue weighted by Gasteiger charge is 2.26. The molecular formula is C29H26N4O3S. The largest absolute Gasteiger partial charge is 0.465 e. The van der Waals surface area contributed by atoms with Gasteiger partial charge >= 0.3 is 5.97 Å². The summed E-state index contributed by atoms with van der Waals surface area (Å²) in [4.78, 5) is 30.0. The number of hydrogen-bond acceptors (Lipinski definition) is 6. The van der Waals surface area contributed by atoms with Gasteiger partial charge in [0.05, 0.1) is 36.0 Å². The highest BCUT2D eigenvalue weighted by Crippen LogP contribution is 2.26. The van der Waals surface area contributed by atoms with Crippen LogP contribution in [0.3, 0.4) is 0 Å². The summed E-state index contributed by atoms with van der Waals surface area (Å²) >= 11 is 1.60. The molecular weight excluding hydrogens is 484 g/mol. The maximum atomic E-state index is 13.5. The fraction of sp³-hybridized carbons (Fsp3) is 0.138. The molecule has 1 atom stereocenters. The van der Waals surface area contributed by atoms with E-state index in [1.165, 1.54) is 7.11 Å². The van der Waals surface area contributed by atoms with E-state index in [1.807, 2.05) is 64.7 Å². The van der Waals surface area contributed by atoms with E-state index in [0.29, 0.717) is 23.2 Å². The van der Waals surface area contributed by atoms with Gasteiger partial charge in [-0.1, -0.05) is 54.6 Å². The van der Waals surface area contributed by atoms with E-state index >= 15 is 0 Å². The van der Waals surface area contributed by atoms with Gasteiger partial charge in [-0.05, 0) is 36.8 Å². The van der Waals surface area contributed by atoms with Crippen molar-refractivity contribution in [1.82, 2.24) is 14.9 Å². The minimum absolute atomic E-state index is 0.296. The Kier molecular flexibility index (Phi) is 6.60. The molecule has 8 heteroatoms. The van der Waals surface area contributed by atoms with Crippen molar-refractivity contribution in [3.05, 3.63) is 113 Å². The summed E-state index contributed by atoms with van der Waals surface area (Å²) in [6.07, 6.45) is 1.97. The van der Waals surface area contributed by atoms with Crippen molar-refractivity contribution in [2.45, 2.75) is 19.1 Å². The van der Waals surface area contributed by atoms with Crippen LogP contribution in [0.15, 0.2) is 90.4 Å². The van der Waals surface area contributed by atoms with Crippen LogP contribution in [0.2, 0.25) is 0 Å². The van der Waals surface area contributed by atoms with E-state index in [-0.39, 0.29) is 5.91 Å². The zero-order valence-corrected chi connectivity index (χ0v) is 21.3. The van der Waals surface area contributed by atoms with Crippen molar-refractivity contribution in [2.75, 3.05) is 7.11 Å². The monoisotopic (exact) mass is 510 g/mol. The number of ether oxygens (including phenoxy) is 1. The number of esters is 1. The first-order valence-electron chi connectivity index (χ1n) is 11.7. The average molecular weight is 511 g/mol. The highest BCUT2D eigenvalue weighted by atomic mass is 32.1. The fourth-order valence-electron chi connectivity index (χ4n) is 4.29. The fourth-order valence-corrected chi connectivity index (χ4v) is 5.11. The molecule has 0 aliphatic rings. The predicted octanol–water partition coefficient (Wildman–Crippen LogP) is 5.16. The van der Waals surface area contributed by atoms with E-state index in [0.717, 1.165) is 27.2 Å². The van der Waals surface area contributed by atoms with E-state index in [9.17, 15) is 9.59 Å². The number of aromatic nitrogens is 2. The summed E-state index contributed by atoms with van der Waals surface area (Å²) < 4.78 is 6.78. The molecule has 186 valence electrons. The van der Waals surface area contributed by atoms with Crippen LogP contribution < -0.4 is 11.1 Å². The molecule has 0 saturated carbocycles. The van der Waals surface area contributed by atoms with Gasteiger partial charge in [0.1, 0.15) is 10.7 Å². The van der Waals surface area contributed by atoms with Gasteiger partial charge in [-0.15, -0.1) is 11.3 Å². The lowest BCUT2D eigenvalue weighted by Crippen LogP contribution is -2.50. The smallest absolute Gasteiger partial charge is 0.337 e. The number of nitrogens with one attached hydrogen (secondary N) is 1. The standard InChI is InChI=1S/C29H26N4O3S/c1-29(30,22-13-11-21(12-14-22)28(35)36-2)32-26(34)24-10-6-9-19-15-16-33(25(19)24)17-23-18-37-27(31-23)20-7-4-3-5-8-20/h3-16,18H,17,30H2,1-2H3,(H,32,34). The maximum absolute atomic E-state index is 13.5. The first-order chi connectivity index (χ1) is 17.9. The van der Waals surface area contributed by atoms with Gasteiger partial charge in [0.25, 0.3) is 5.91 Å². The SMILES string of the molecule is COC(=O)c1ccc(C(C)(N)NC(=O)c2cccc3ccn(Cc4csc(-c5ccccc5)n4)c23)cc1. The van der Waals surface area contributed by atoms with Crippen LogP contribution in [0.4, 0.5) is 0 Å². The molecule has 7 nitrogen and oxygen atoms in total. The number of nitrogens with two attached hydrogens (primary N) is 1. The number of para-hydroxylation sites is 1. The van der Waals surface area contributed by atoms with Gasteiger partial charge in [0.15, 0.2) is 0 Å². The van der Waals surface area contributed by atoms with Crippen LogP contribution in [0.5, 0.6) is 0 Å². The molecule has 0 aliphatic carbocycles. The molecule has 2 heterocycles. The molecule has 3 aromatic carbocycles. The Balaban J connectivity index is 1.40. The molecule has 0 bridgehead atoms. The van der Waals surface area contributed by atoms with Crippen LogP contribution >= 0.6 is 11.3 Å². The third-order valence-electron chi connectivity index (χ3n) is 6.22. The lowest BCUT2D eigenvalue weighted by atomic mass is 10.00. The number of rotatable bonds is 7. The number of carbonyl (C=O) groups excluding carboxylic acids is 2. The molecule has 2 aromatic heterocycles. The topological polar surface area (TPSA) is 99.2 Å². The normalized spacial score (nSPS) is 12.7. The Morgan fingerprint density at radius 1 is 1.03 bits per heavy atom. The lowest BCUT2D eigenvalue weighted by Gasteiger charge is -2.27. The average Bonchev–Trinajstić information content (AvgIpc) is 3.56. The van der Waals surface area contributed by atoms with E-state index in [2.05, 4.69) is 5.32 Å². The maximum Gasteiger partial charge on any atom is 0.337 e. The number of nitrogens with zero attached hydrogens (tertiary/aromatic N) is 2. The molecule has 37 heavy (non-hydrogen) atoms. The summed E-state index contributed by atoms with van der Waals surface area (Å²) in [5, 5.41) is 6.90. The van der Waals surface area contributed by atoms with Crippen molar-refractivity contribution >= 4 is 34.1 Å². The van der Waals surface area contributed by atoms with Crippen molar-refractivity contribution in [2.24, 2.45) is 5.73 Å². The summed E-state index contributed by atoms with van der Waals surface area (Å²) in [6, 6.07) is 24.4. The van der Waals surface area contributed by atoms with E-state index in [4.69, 9.17) is 15.5 Å². The number of amides is 1. The van der Waals surface area contributed by atoms with Crippen molar-refractivity contribution in [3.63, 3.8) is 0 Å². The number of carbonyl (C=O) groups is 2. The quantitative estimate of drug-likeness (QED) is 0.233. The number of benzene rings is 3. The molecule has 0 aliphatic heterocycles. The molecule has 5 rings (SSSR count). The van der Waals surface area contributed by atoms with Crippen LogP contribution in [-0.2, 0) is 16.9 Å². The number of methoxy groups -OCH3 is 1. The molecule has 1 unspecified atom stereocenters. The molecule has 0 radical (unpaired) electrons. The van der Waals surface area contributed by atoms with Gasteiger partial charge in [0.2, 0.25) is 0 Å². The Morgan fingerprint density at radius 3 is 2.51 bits per heavy atom. The predicted molar refractivity (Wildman–Crippen MR) is 145 cm³/mol. The summed E-state index contributed by atoms with van der Waals surface area (Å²) in [7, 11) is 1.33. The first kappa shape index (κ1) is 24.4. The number of hydrogen-bond donors (Lipinski definition) is 2. The molecule has 1 amide bonds. The van der Waals surface area contributed by atoms with Gasteiger partial charge in [0, 0.05) is 22.5 Å². The summed E-state index contributed by atoms with van der Waals surface area (Å²) in [5.74, 6) is -0.728. The zero-order chi connectivity index (χ0) is 26.0. The van der Waals surface area contributed by atoms with E-state index in [1.54, 1.807) is 48.6 Å². The van der Waals surface area contributed by atoms with Crippen LogP contribution in [0.1, 0.15) is 38.9 Å². The molecule has 5 aromatic rings. The second-order valence-electron chi connectivity index (χ2n) is 8.92. The number of thiazole rings is 1. The highest BCUT2D eigenvalue weighted by molar-refractivity contribution is 7.13. The third-order valence-corrected chi connectivity index (χ3v) is 7.16. The minimum Gasteiger partial charge on any atom is -0.465 e. The Hall–Kier alpha value is -4.27. The van der Waals surface area contributed by atoms with Crippen molar-refractivity contribution in [3.8, 4) is 10.6 Å². The van der Waals surface area contributed by atoms with Crippen LogP contribution in [0.25, 0.3) is 21.5 Å². The molecule has 3 N–H and O–H groups in total. The van der Waals surface area contributed by atoms with Gasteiger partial charge < -0.3 is 20.4 Å². The zero-order valence-electron chi connectivity index (χ0n) is 20.5. The van der Waals surface area contributed by atoms with Gasteiger partial charge in [-0.2, -0.15) is 0 Å². The summed E-state index contributed by atoms with van der Waals surface area (Å²) in [5.41, 5.74) is 9.75. The minimum atomic E-state index is -1.16. The van der Waals surface area contributed by atoms with Crippen molar-refractivity contribution < 1.29 is 14.3 Å². The Bertz CT molecular complexity index is 1570. The number of fused-ring (bicyclic) bond motifs is 1. The second-order valence-corrected chi connectivity index (χ2v) is 9.78. The second kappa shape index (κ2) is 10.0. The molecule has 0 saturated heterocycles. The molecule has 0 spiro atoms. The first-order valence-corrected chi connectivity index (χ1v) is 12.6. The molecule has 0 fully saturated rings. The van der Waals surface area contributed by atoms with Gasteiger partial charge in [-0.25, -0.2) is 9.78 Å². The lowest BCUT2D eigenvalue weighted by molar-refractivity contribution is 0.0600. The van der Waals surface area contributed by atoms with E-state index < -0.39 is 11.6 Å². The van der Waals surface area contributed by atoms with Crippen molar-refractivity contribution in [1.29, 1.82) is 0 Å². The van der Waals surface area contributed by atoms with Crippen LogP contribution in [-0.4, -0.2) is 28.5 Å². The Labute approximate surface area is 218 Å². The Morgan fingerprint density at radius 2 is 1.78 bits per heavy atom. The third kappa shape index (κ3) is 5.02.